The molecule has 1 amide bonds. The maximum atomic E-state index is 12.9. The molecule has 0 aliphatic heterocycles. The van der Waals surface area contributed by atoms with Gasteiger partial charge in [0.15, 0.2) is 11.5 Å². The van der Waals surface area contributed by atoms with Crippen LogP contribution in [-0.4, -0.2) is 31.2 Å². The maximum absolute atomic E-state index is 12.9. The summed E-state index contributed by atoms with van der Waals surface area (Å²) < 4.78 is 10.8. The predicted molar refractivity (Wildman–Crippen MR) is 107 cm³/mol. The molecule has 28 heavy (non-hydrogen) atoms. The number of carboxylic acid groups (broad SMARTS) is 1. The predicted octanol–water partition coefficient (Wildman–Crippen LogP) is 3.77. The summed E-state index contributed by atoms with van der Waals surface area (Å²) in [6.07, 6.45) is 2.48. The maximum Gasteiger partial charge on any atom is 0.303 e. The summed E-state index contributed by atoms with van der Waals surface area (Å²) in [6, 6.07) is 12.2. The highest BCUT2D eigenvalue weighted by atomic mass is 16.5. The number of methoxy groups -OCH3 is 2. The molecule has 0 aliphatic carbocycles. The van der Waals surface area contributed by atoms with Gasteiger partial charge in [-0.05, 0) is 30.5 Å². The summed E-state index contributed by atoms with van der Waals surface area (Å²) in [4.78, 5) is 23.9. The number of hydrogen-bond donors (Lipinski definition) is 2. The van der Waals surface area contributed by atoms with E-state index in [4.69, 9.17) is 14.6 Å². The van der Waals surface area contributed by atoms with Crippen LogP contribution in [0.15, 0.2) is 55.1 Å². The smallest absolute Gasteiger partial charge is 0.303 e. The van der Waals surface area contributed by atoms with Crippen LogP contribution < -0.4 is 14.8 Å². The van der Waals surface area contributed by atoms with Crippen molar-refractivity contribution < 1.29 is 24.2 Å². The molecule has 1 atom stereocenters. The molecule has 0 bridgehead atoms. The zero-order valence-electron chi connectivity index (χ0n) is 16.1. The Morgan fingerprint density at radius 2 is 1.89 bits per heavy atom. The van der Waals surface area contributed by atoms with Gasteiger partial charge < -0.3 is 19.9 Å². The lowest BCUT2D eigenvalue weighted by Gasteiger charge is -2.20. The molecule has 6 nitrogen and oxygen atoms in total. The number of benzene rings is 2. The van der Waals surface area contributed by atoms with E-state index < -0.39 is 12.0 Å². The molecule has 0 radical (unpaired) electrons. The van der Waals surface area contributed by atoms with Crippen LogP contribution in [0.3, 0.4) is 0 Å². The van der Waals surface area contributed by atoms with Crippen molar-refractivity contribution in [2.45, 2.75) is 25.3 Å². The van der Waals surface area contributed by atoms with Gasteiger partial charge in [-0.3, -0.25) is 9.59 Å². The summed E-state index contributed by atoms with van der Waals surface area (Å²) in [6.45, 7) is 3.74. The van der Waals surface area contributed by atoms with Crippen molar-refractivity contribution in [3.8, 4) is 11.5 Å². The number of ether oxygens (including phenoxy) is 2. The molecular formula is C22H25NO5. The fourth-order valence-electron chi connectivity index (χ4n) is 3.00. The minimum Gasteiger partial charge on any atom is -0.493 e. The van der Waals surface area contributed by atoms with Crippen molar-refractivity contribution in [2.24, 2.45) is 0 Å². The molecule has 0 saturated heterocycles. The van der Waals surface area contributed by atoms with Gasteiger partial charge in [-0.2, -0.15) is 0 Å². The van der Waals surface area contributed by atoms with E-state index in [0.29, 0.717) is 23.5 Å². The molecule has 2 aromatic carbocycles. The van der Waals surface area contributed by atoms with Gasteiger partial charge >= 0.3 is 5.97 Å². The van der Waals surface area contributed by atoms with Crippen LogP contribution in [0.25, 0.3) is 0 Å². The van der Waals surface area contributed by atoms with Gasteiger partial charge in [-0.25, -0.2) is 0 Å². The molecule has 0 spiro atoms. The molecule has 1 unspecified atom stereocenters. The van der Waals surface area contributed by atoms with Crippen molar-refractivity contribution in [3.05, 3.63) is 71.8 Å². The first kappa shape index (κ1) is 21.0. The molecule has 2 N–H and O–H groups in total. The van der Waals surface area contributed by atoms with E-state index in [1.54, 1.807) is 25.3 Å². The third-order valence-electron chi connectivity index (χ3n) is 4.34. The summed E-state index contributed by atoms with van der Waals surface area (Å²) in [5.41, 5.74) is 2.04. The minimum absolute atomic E-state index is 0.0481. The Kier molecular flexibility index (Phi) is 7.63. The Hall–Kier alpha value is -3.28. The Morgan fingerprint density at radius 1 is 1.18 bits per heavy atom. The number of amides is 1. The van der Waals surface area contributed by atoms with Gasteiger partial charge in [-0.15, -0.1) is 6.58 Å². The number of aliphatic carboxylic acids is 1. The lowest BCUT2D eigenvalue weighted by atomic mass is 10.0. The summed E-state index contributed by atoms with van der Waals surface area (Å²) in [7, 11) is 3.05. The fourth-order valence-corrected chi connectivity index (χ4v) is 3.00. The van der Waals surface area contributed by atoms with Gasteiger partial charge in [0, 0.05) is 17.5 Å². The number of carboxylic acids is 1. The normalized spacial score (nSPS) is 11.4. The highest BCUT2D eigenvalue weighted by molar-refractivity contribution is 5.95. The third-order valence-corrected chi connectivity index (χ3v) is 4.34. The largest absolute Gasteiger partial charge is 0.493 e. The Morgan fingerprint density at radius 3 is 2.46 bits per heavy atom. The highest BCUT2D eigenvalue weighted by Crippen LogP contribution is 2.33. The summed E-state index contributed by atoms with van der Waals surface area (Å²) >= 11 is 0. The first-order valence-corrected chi connectivity index (χ1v) is 8.93. The molecule has 0 aliphatic rings. The van der Waals surface area contributed by atoms with E-state index in [-0.39, 0.29) is 18.7 Å². The van der Waals surface area contributed by atoms with Gasteiger partial charge in [0.1, 0.15) is 0 Å². The van der Waals surface area contributed by atoms with Crippen LogP contribution in [0.1, 0.15) is 40.4 Å². The molecule has 0 aromatic heterocycles. The topological polar surface area (TPSA) is 84.9 Å². The minimum atomic E-state index is -0.908. The van der Waals surface area contributed by atoms with Crippen LogP contribution >= 0.6 is 0 Å². The van der Waals surface area contributed by atoms with Crippen molar-refractivity contribution in [2.75, 3.05) is 14.2 Å². The van der Waals surface area contributed by atoms with Crippen LogP contribution in [0.5, 0.6) is 11.5 Å². The van der Waals surface area contributed by atoms with E-state index in [2.05, 4.69) is 11.9 Å². The number of carbonyl (C=O) groups excluding carboxylic acids is 1. The van der Waals surface area contributed by atoms with Gasteiger partial charge in [0.05, 0.1) is 20.3 Å². The monoisotopic (exact) mass is 383 g/mol. The van der Waals surface area contributed by atoms with E-state index >= 15 is 0 Å². The lowest BCUT2D eigenvalue weighted by Crippen LogP contribution is -2.29. The molecule has 6 heteroatoms. The molecular weight excluding hydrogens is 358 g/mol. The van der Waals surface area contributed by atoms with E-state index in [1.165, 1.54) is 7.11 Å². The third kappa shape index (κ3) is 5.36. The molecule has 2 aromatic rings. The van der Waals surface area contributed by atoms with Crippen LogP contribution in [0.2, 0.25) is 0 Å². The lowest BCUT2D eigenvalue weighted by molar-refractivity contribution is -0.137. The molecule has 0 heterocycles. The van der Waals surface area contributed by atoms with Crippen molar-refractivity contribution in [1.82, 2.24) is 5.32 Å². The van der Waals surface area contributed by atoms with Crippen LogP contribution in [0, 0.1) is 0 Å². The molecule has 2 rings (SSSR count). The van der Waals surface area contributed by atoms with E-state index in [9.17, 15) is 9.59 Å². The number of allylic oxidation sites excluding steroid dienone is 1. The molecule has 148 valence electrons. The average Bonchev–Trinajstić information content (AvgIpc) is 2.71. The van der Waals surface area contributed by atoms with Crippen LogP contribution in [-0.2, 0) is 11.2 Å². The number of rotatable bonds is 10. The zero-order chi connectivity index (χ0) is 20.5. The fraction of sp³-hybridized carbons (Fsp3) is 0.273. The second-order valence-corrected chi connectivity index (χ2v) is 6.23. The number of nitrogens with one attached hydrogen (secondary N) is 1. The highest BCUT2D eigenvalue weighted by Gasteiger charge is 2.20. The number of carbonyl (C=O) groups is 2. The van der Waals surface area contributed by atoms with Gasteiger partial charge in [0.25, 0.3) is 5.91 Å². The Bertz CT molecular complexity index is 832. The van der Waals surface area contributed by atoms with E-state index in [0.717, 1.165) is 11.1 Å². The quantitative estimate of drug-likeness (QED) is 0.610. The molecule has 0 saturated carbocycles. The van der Waals surface area contributed by atoms with E-state index in [1.807, 2.05) is 30.3 Å². The van der Waals surface area contributed by atoms with Gasteiger partial charge in [-0.1, -0.05) is 36.4 Å². The molecule has 0 fully saturated rings. The standard InChI is InChI=1S/C22H25NO5/c1-4-8-16-13-17(14-19(27-2)21(16)28-3)22(26)23-18(11-12-20(24)25)15-9-6-5-7-10-15/h4-7,9-10,13-14,18H,1,8,11-12H2,2-3H3,(H,23,26)(H,24,25). The van der Waals surface area contributed by atoms with Crippen molar-refractivity contribution in [1.29, 1.82) is 0 Å². The second-order valence-electron chi connectivity index (χ2n) is 6.23. The van der Waals surface area contributed by atoms with Crippen LogP contribution in [0.4, 0.5) is 0 Å². The second kappa shape index (κ2) is 10.2. The number of hydrogen-bond acceptors (Lipinski definition) is 4. The van der Waals surface area contributed by atoms with Crippen molar-refractivity contribution in [3.63, 3.8) is 0 Å². The Balaban J connectivity index is 2.32. The van der Waals surface area contributed by atoms with Crippen molar-refractivity contribution >= 4 is 11.9 Å². The van der Waals surface area contributed by atoms with Gasteiger partial charge in [0.2, 0.25) is 0 Å². The average molecular weight is 383 g/mol. The summed E-state index contributed by atoms with van der Waals surface area (Å²) in [5.74, 6) is -0.210. The zero-order valence-corrected chi connectivity index (χ0v) is 16.1. The first-order chi connectivity index (χ1) is 13.5. The Labute approximate surface area is 164 Å². The summed E-state index contributed by atoms with van der Waals surface area (Å²) in [5, 5.41) is 12.0. The first-order valence-electron chi connectivity index (χ1n) is 8.93. The SMILES string of the molecule is C=CCc1cc(C(=O)NC(CCC(=O)O)c2ccccc2)cc(OC)c1OC.